The lowest BCUT2D eigenvalue weighted by Crippen LogP contribution is -2.29. The molecule has 0 bridgehead atoms. The number of carbonyl (C=O) groups is 3. The third kappa shape index (κ3) is 4.32. The molecule has 0 saturated carbocycles. The molecule has 7 nitrogen and oxygen atoms in total. The van der Waals surface area contributed by atoms with E-state index < -0.39 is 23.7 Å². The highest BCUT2D eigenvalue weighted by Crippen LogP contribution is 2.41. The van der Waals surface area contributed by atoms with Crippen LogP contribution in [0.1, 0.15) is 33.1 Å². The summed E-state index contributed by atoms with van der Waals surface area (Å²) in [5, 5.41) is 20.3. The van der Waals surface area contributed by atoms with E-state index in [-0.39, 0.29) is 23.4 Å². The van der Waals surface area contributed by atoms with E-state index in [1.54, 1.807) is 54.6 Å². The van der Waals surface area contributed by atoms with Gasteiger partial charge in [-0.2, -0.15) is 0 Å². The van der Waals surface area contributed by atoms with Crippen molar-refractivity contribution in [1.82, 2.24) is 4.90 Å². The maximum absolute atomic E-state index is 13.1. The minimum atomic E-state index is -1.05. The van der Waals surface area contributed by atoms with Crippen LogP contribution in [-0.4, -0.2) is 39.9 Å². The Kier molecular flexibility index (Phi) is 6.51. The van der Waals surface area contributed by atoms with Gasteiger partial charge in [-0.05, 0) is 57.4 Å². The number of ketones is 1. The van der Waals surface area contributed by atoms with Gasteiger partial charge >= 0.3 is 5.97 Å². The van der Waals surface area contributed by atoms with Crippen LogP contribution in [0.3, 0.4) is 0 Å². The van der Waals surface area contributed by atoms with Gasteiger partial charge in [0, 0.05) is 12.1 Å². The summed E-state index contributed by atoms with van der Waals surface area (Å²) in [6.45, 7) is 0.0626. The highest BCUT2D eigenvalue weighted by Gasteiger charge is 2.46. The van der Waals surface area contributed by atoms with Crippen molar-refractivity contribution < 1.29 is 29.3 Å². The molecule has 1 unspecified atom stereocenters. The number of benzene rings is 3. The molecule has 1 heterocycles. The van der Waals surface area contributed by atoms with Crippen LogP contribution in [0, 0.1) is 0 Å². The predicted octanol–water partition coefficient (Wildman–Crippen LogP) is 4.78. The van der Waals surface area contributed by atoms with Gasteiger partial charge in [-0.25, -0.2) is 4.79 Å². The van der Waals surface area contributed by atoms with Crippen molar-refractivity contribution in [2.45, 2.75) is 12.6 Å². The van der Waals surface area contributed by atoms with Crippen molar-refractivity contribution in [3.8, 4) is 5.75 Å². The average molecular weight is 522 g/mol. The number of aromatic carboxylic acids is 1. The lowest BCUT2D eigenvalue weighted by atomic mass is 9.95. The number of ether oxygens (including phenoxy) is 1. The molecule has 0 aromatic heterocycles. The zero-order valence-corrected chi connectivity index (χ0v) is 19.7. The van der Waals surface area contributed by atoms with Crippen molar-refractivity contribution in [2.24, 2.45) is 0 Å². The van der Waals surface area contributed by atoms with Crippen molar-refractivity contribution in [3.63, 3.8) is 0 Å². The Morgan fingerprint density at radius 3 is 2.21 bits per heavy atom. The molecule has 1 atom stereocenters. The monoisotopic (exact) mass is 521 g/mol. The highest BCUT2D eigenvalue weighted by molar-refractivity contribution is 9.10. The first-order chi connectivity index (χ1) is 16.3. The first-order valence-corrected chi connectivity index (χ1v) is 11.1. The summed E-state index contributed by atoms with van der Waals surface area (Å²) in [6, 6.07) is 19.1. The number of hydrogen-bond acceptors (Lipinski definition) is 5. The quantitative estimate of drug-likeness (QED) is 0.275. The topological polar surface area (TPSA) is 104 Å². The lowest BCUT2D eigenvalue weighted by molar-refractivity contribution is -0.140. The van der Waals surface area contributed by atoms with Crippen molar-refractivity contribution in [3.05, 3.63) is 105 Å². The molecule has 8 heteroatoms. The van der Waals surface area contributed by atoms with Crippen LogP contribution in [0.25, 0.3) is 5.76 Å². The molecule has 0 radical (unpaired) electrons. The van der Waals surface area contributed by atoms with E-state index in [0.29, 0.717) is 26.9 Å². The maximum atomic E-state index is 13.1. The molecular weight excluding hydrogens is 502 g/mol. The number of carboxylic acids is 1. The number of Topliss-reactive ketones (excluding diaryl/α,β-unsaturated/α-hetero) is 1. The molecule has 34 heavy (non-hydrogen) atoms. The number of carboxylic acid groups (broad SMARTS) is 1. The molecule has 172 valence electrons. The number of likely N-dealkylation sites (tertiary alicyclic amines) is 1. The number of hydrogen-bond donors (Lipinski definition) is 2. The number of amides is 1. The number of carbonyl (C=O) groups excluding carboxylic acids is 2. The van der Waals surface area contributed by atoms with Crippen molar-refractivity contribution in [2.75, 3.05) is 7.11 Å². The van der Waals surface area contributed by atoms with E-state index in [0.717, 1.165) is 0 Å². The third-order valence-corrected chi connectivity index (χ3v) is 6.25. The fraction of sp³-hybridized carbons (Fsp3) is 0.115. The largest absolute Gasteiger partial charge is 0.507 e. The number of rotatable bonds is 6. The molecule has 2 N–H and O–H groups in total. The molecule has 1 aliphatic heterocycles. The number of aliphatic hydroxyl groups excluding tert-OH is 1. The smallest absolute Gasteiger partial charge is 0.335 e. The molecule has 3 aromatic carbocycles. The Hall–Kier alpha value is -3.91. The first kappa shape index (κ1) is 23.3. The van der Waals surface area contributed by atoms with Crippen LogP contribution >= 0.6 is 15.9 Å². The highest BCUT2D eigenvalue weighted by atomic mass is 79.9. The van der Waals surface area contributed by atoms with E-state index in [1.165, 1.54) is 24.1 Å². The summed E-state index contributed by atoms with van der Waals surface area (Å²) < 4.78 is 5.82. The third-order valence-electron chi connectivity index (χ3n) is 5.63. The molecule has 1 amide bonds. The minimum Gasteiger partial charge on any atom is -0.507 e. The van der Waals surface area contributed by atoms with Crippen LogP contribution in [0.5, 0.6) is 5.75 Å². The normalized spacial score (nSPS) is 17.1. The van der Waals surface area contributed by atoms with Crippen molar-refractivity contribution >= 4 is 39.3 Å². The molecule has 1 saturated heterocycles. The maximum Gasteiger partial charge on any atom is 0.335 e. The lowest BCUT2D eigenvalue weighted by Gasteiger charge is -2.25. The summed E-state index contributed by atoms with van der Waals surface area (Å²) in [4.78, 5) is 38.8. The number of halogens is 1. The van der Waals surface area contributed by atoms with Crippen LogP contribution < -0.4 is 4.74 Å². The molecule has 0 spiro atoms. The van der Waals surface area contributed by atoms with Crippen LogP contribution in [0.4, 0.5) is 0 Å². The molecule has 0 aliphatic carbocycles. The van der Waals surface area contributed by atoms with Gasteiger partial charge in [-0.3, -0.25) is 9.59 Å². The Labute approximate surface area is 204 Å². The van der Waals surface area contributed by atoms with Crippen LogP contribution in [0.2, 0.25) is 0 Å². The fourth-order valence-corrected chi connectivity index (χ4v) is 4.48. The summed E-state index contributed by atoms with van der Waals surface area (Å²) in [5.74, 6) is -2.33. The number of methoxy groups -OCH3 is 1. The molecule has 3 aromatic rings. The fourth-order valence-electron chi connectivity index (χ4n) is 3.94. The van der Waals surface area contributed by atoms with Gasteiger partial charge in [0.1, 0.15) is 11.5 Å². The number of aliphatic hydroxyl groups is 1. The standard InChI is InChI=1S/C26H20BrNO6/c1-34-20-12-11-18(13-19(20)27)23(29)21-22(16-5-3-2-4-6-16)28(25(31)24(21)30)14-15-7-9-17(10-8-15)26(32)33/h2-13,22,29H,14H2,1H3,(H,32,33)/b23-21-. The molecule has 1 fully saturated rings. The van der Waals surface area contributed by atoms with Gasteiger partial charge in [0.05, 0.1) is 28.8 Å². The van der Waals surface area contributed by atoms with Gasteiger partial charge in [0.25, 0.3) is 11.7 Å². The van der Waals surface area contributed by atoms with Gasteiger partial charge < -0.3 is 19.8 Å². The summed E-state index contributed by atoms with van der Waals surface area (Å²) >= 11 is 3.38. The van der Waals surface area contributed by atoms with Gasteiger partial charge in [0.15, 0.2) is 0 Å². The van der Waals surface area contributed by atoms with Crippen LogP contribution in [0.15, 0.2) is 82.8 Å². The SMILES string of the molecule is COc1ccc(/C(O)=C2/C(=O)C(=O)N(Cc3ccc(C(=O)O)cc3)C2c2ccccc2)cc1Br. The first-order valence-electron chi connectivity index (χ1n) is 10.3. The van der Waals surface area contributed by atoms with E-state index in [1.807, 2.05) is 6.07 Å². The Morgan fingerprint density at radius 1 is 0.971 bits per heavy atom. The molecule has 4 rings (SSSR count). The predicted molar refractivity (Wildman–Crippen MR) is 128 cm³/mol. The second-order valence-electron chi connectivity index (χ2n) is 7.69. The second-order valence-corrected chi connectivity index (χ2v) is 8.54. The Bertz CT molecular complexity index is 1300. The molecular formula is C26H20BrNO6. The molecule has 1 aliphatic rings. The van der Waals surface area contributed by atoms with E-state index >= 15 is 0 Å². The van der Waals surface area contributed by atoms with Gasteiger partial charge in [0.2, 0.25) is 0 Å². The summed E-state index contributed by atoms with van der Waals surface area (Å²) in [7, 11) is 1.52. The zero-order valence-electron chi connectivity index (χ0n) is 18.1. The number of nitrogens with zero attached hydrogens (tertiary/aromatic N) is 1. The summed E-state index contributed by atoms with van der Waals surface area (Å²) in [6.07, 6.45) is 0. The Morgan fingerprint density at radius 2 is 1.62 bits per heavy atom. The van der Waals surface area contributed by atoms with E-state index in [2.05, 4.69) is 15.9 Å². The Balaban J connectivity index is 1.81. The van der Waals surface area contributed by atoms with E-state index in [9.17, 15) is 19.5 Å². The van der Waals surface area contributed by atoms with Gasteiger partial charge in [-0.15, -0.1) is 0 Å². The summed E-state index contributed by atoms with van der Waals surface area (Å²) in [5.41, 5.74) is 1.78. The van der Waals surface area contributed by atoms with Crippen molar-refractivity contribution in [1.29, 1.82) is 0 Å². The second kappa shape index (κ2) is 9.52. The minimum absolute atomic E-state index is 0.0181. The van der Waals surface area contributed by atoms with Crippen LogP contribution in [-0.2, 0) is 16.1 Å². The average Bonchev–Trinajstić information content (AvgIpc) is 3.09. The van der Waals surface area contributed by atoms with Gasteiger partial charge in [-0.1, -0.05) is 42.5 Å². The van der Waals surface area contributed by atoms with E-state index in [4.69, 9.17) is 9.84 Å². The zero-order chi connectivity index (χ0) is 24.4.